The molecule has 7 heteroatoms. The highest BCUT2D eigenvalue weighted by atomic mass is 19.1. The van der Waals surface area contributed by atoms with Gasteiger partial charge in [0.1, 0.15) is 23.9 Å². The molecule has 0 unspecified atom stereocenters. The average Bonchev–Trinajstić information content (AvgIpc) is 2.68. The van der Waals surface area contributed by atoms with Crippen LogP contribution < -0.4 is 4.74 Å². The number of carbonyl (C=O) groups is 2. The minimum absolute atomic E-state index is 0.00863. The standard InChI is InChI=1S/C13H13F2NO4/c1-20-8-3-9(14)13(10(15)4-8)7-2-11(17)16(5-7)6-12(18)19/h3-4,7H,2,5-6H2,1H3,(H,18,19)/t7-/m0/s1. The first-order chi connectivity index (χ1) is 9.42. The molecule has 1 N–H and O–H groups in total. The molecule has 0 aromatic heterocycles. The van der Waals surface area contributed by atoms with Crippen LogP contribution in [0.2, 0.25) is 0 Å². The third kappa shape index (κ3) is 2.71. The molecule has 1 aromatic carbocycles. The molecule has 0 bridgehead atoms. The van der Waals surface area contributed by atoms with Gasteiger partial charge in [0.05, 0.1) is 7.11 Å². The second-order valence-electron chi connectivity index (χ2n) is 4.57. The van der Waals surface area contributed by atoms with Crippen molar-refractivity contribution in [1.29, 1.82) is 0 Å². The number of hydrogen-bond acceptors (Lipinski definition) is 3. The molecule has 0 aliphatic carbocycles. The molecule has 1 amide bonds. The van der Waals surface area contributed by atoms with Gasteiger partial charge in [-0.3, -0.25) is 9.59 Å². The lowest BCUT2D eigenvalue weighted by atomic mass is 9.97. The van der Waals surface area contributed by atoms with E-state index in [1.807, 2.05) is 0 Å². The van der Waals surface area contributed by atoms with E-state index in [-0.39, 0.29) is 24.3 Å². The Morgan fingerprint density at radius 2 is 2.05 bits per heavy atom. The SMILES string of the molecule is COc1cc(F)c([C@H]2CC(=O)N(CC(=O)O)C2)c(F)c1. The predicted molar refractivity (Wildman–Crippen MR) is 64.5 cm³/mol. The second-order valence-corrected chi connectivity index (χ2v) is 4.57. The highest BCUT2D eigenvalue weighted by molar-refractivity contribution is 5.84. The molecule has 108 valence electrons. The van der Waals surface area contributed by atoms with E-state index in [0.717, 1.165) is 17.0 Å². The Kier molecular flexibility index (Phi) is 3.87. The minimum atomic E-state index is -1.16. The fourth-order valence-corrected chi connectivity index (χ4v) is 2.35. The Morgan fingerprint density at radius 3 is 2.55 bits per heavy atom. The van der Waals surface area contributed by atoms with Gasteiger partial charge in [0.25, 0.3) is 0 Å². The summed E-state index contributed by atoms with van der Waals surface area (Å²) in [7, 11) is 1.29. The van der Waals surface area contributed by atoms with Crippen LogP contribution in [0.25, 0.3) is 0 Å². The van der Waals surface area contributed by atoms with Crippen LogP contribution in [0.3, 0.4) is 0 Å². The van der Waals surface area contributed by atoms with Crippen LogP contribution in [0.15, 0.2) is 12.1 Å². The zero-order valence-corrected chi connectivity index (χ0v) is 10.7. The van der Waals surface area contributed by atoms with Crippen LogP contribution in [-0.4, -0.2) is 42.1 Å². The van der Waals surface area contributed by atoms with Gasteiger partial charge < -0.3 is 14.7 Å². The number of carboxylic acids is 1. The molecule has 1 aliphatic heterocycles. The van der Waals surface area contributed by atoms with Crippen LogP contribution in [0.4, 0.5) is 8.78 Å². The number of rotatable bonds is 4. The Hall–Kier alpha value is -2.18. The number of methoxy groups -OCH3 is 1. The Labute approximate surface area is 113 Å². The van der Waals surface area contributed by atoms with Crippen LogP contribution in [-0.2, 0) is 9.59 Å². The van der Waals surface area contributed by atoms with Crippen molar-refractivity contribution in [3.05, 3.63) is 29.3 Å². The summed E-state index contributed by atoms with van der Waals surface area (Å²) in [6.45, 7) is -0.472. The first-order valence-corrected chi connectivity index (χ1v) is 5.95. The Balaban J connectivity index is 2.25. The average molecular weight is 285 g/mol. The molecule has 0 saturated carbocycles. The minimum Gasteiger partial charge on any atom is -0.497 e. The number of hydrogen-bond donors (Lipinski definition) is 1. The molecule has 1 heterocycles. The van der Waals surface area contributed by atoms with Gasteiger partial charge in [-0.15, -0.1) is 0 Å². The van der Waals surface area contributed by atoms with Gasteiger partial charge in [0, 0.05) is 36.6 Å². The van der Waals surface area contributed by atoms with E-state index in [2.05, 4.69) is 0 Å². The summed E-state index contributed by atoms with van der Waals surface area (Å²) in [5, 5.41) is 8.67. The summed E-state index contributed by atoms with van der Waals surface area (Å²) < 4.78 is 32.6. The number of halogens is 2. The summed E-state index contributed by atoms with van der Waals surface area (Å²) in [5.41, 5.74) is -0.202. The summed E-state index contributed by atoms with van der Waals surface area (Å²) in [4.78, 5) is 23.3. The van der Waals surface area contributed by atoms with Crippen molar-refractivity contribution >= 4 is 11.9 Å². The van der Waals surface area contributed by atoms with Gasteiger partial charge in [-0.05, 0) is 0 Å². The molecular formula is C13H13F2NO4. The molecule has 5 nitrogen and oxygen atoms in total. The zero-order valence-electron chi connectivity index (χ0n) is 10.7. The smallest absolute Gasteiger partial charge is 0.323 e. The van der Waals surface area contributed by atoms with Crippen LogP contribution >= 0.6 is 0 Å². The topological polar surface area (TPSA) is 66.8 Å². The van der Waals surface area contributed by atoms with Crippen molar-refractivity contribution in [3.63, 3.8) is 0 Å². The van der Waals surface area contributed by atoms with Crippen molar-refractivity contribution in [1.82, 2.24) is 4.90 Å². The van der Waals surface area contributed by atoms with E-state index in [4.69, 9.17) is 9.84 Å². The lowest BCUT2D eigenvalue weighted by Crippen LogP contribution is -2.31. The quantitative estimate of drug-likeness (QED) is 0.907. The van der Waals surface area contributed by atoms with Gasteiger partial charge >= 0.3 is 5.97 Å². The molecule has 1 aromatic rings. The summed E-state index contributed by atoms with van der Waals surface area (Å²) in [5.74, 6) is -3.81. The van der Waals surface area contributed by atoms with E-state index in [0.29, 0.717) is 0 Å². The van der Waals surface area contributed by atoms with Crippen molar-refractivity contribution < 1.29 is 28.2 Å². The van der Waals surface area contributed by atoms with Gasteiger partial charge in [-0.2, -0.15) is 0 Å². The van der Waals surface area contributed by atoms with Crippen LogP contribution in [0.5, 0.6) is 5.75 Å². The highest BCUT2D eigenvalue weighted by Gasteiger charge is 2.35. The maximum absolute atomic E-state index is 13.9. The molecule has 2 rings (SSSR count). The highest BCUT2D eigenvalue weighted by Crippen LogP contribution is 2.33. The van der Waals surface area contributed by atoms with E-state index < -0.39 is 36.0 Å². The molecular weight excluding hydrogens is 272 g/mol. The molecule has 0 spiro atoms. The van der Waals surface area contributed by atoms with Gasteiger partial charge in [0.15, 0.2) is 0 Å². The van der Waals surface area contributed by atoms with Crippen molar-refractivity contribution in [2.75, 3.05) is 20.2 Å². The second kappa shape index (κ2) is 5.44. The number of likely N-dealkylation sites (tertiary alicyclic amines) is 1. The van der Waals surface area contributed by atoms with E-state index in [1.165, 1.54) is 7.11 Å². The molecule has 0 radical (unpaired) electrons. The number of aliphatic carboxylic acids is 1. The predicted octanol–water partition coefficient (Wildman–Crippen LogP) is 1.37. The number of carbonyl (C=O) groups excluding carboxylic acids is 1. The normalized spacial score (nSPS) is 18.4. The lowest BCUT2D eigenvalue weighted by Gasteiger charge is -2.15. The third-order valence-electron chi connectivity index (χ3n) is 3.24. The van der Waals surface area contributed by atoms with Gasteiger partial charge in [-0.25, -0.2) is 8.78 Å². The van der Waals surface area contributed by atoms with Crippen molar-refractivity contribution in [3.8, 4) is 5.75 Å². The zero-order chi connectivity index (χ0) is 14.9. The van der Waals surface area contributed by atoms with E-state index >= 15 is 0 Å². The van der Waals surface area contributed by atoms with Gasteiger partial charge in [-0.1, -0.05) is 0 Å². The molecule has 1 fully saturated rings. The van der Waals surface area contributed by atoms with Gasteiger partial charge in [0.2, 0.25) is 5.91 Å². The summed E-state index contributed by atoms with van der Waals surface area (Å²) >= 11 is 0. The number of benzene rings is 1. The summed E-state index contributed by atoms with van der Waals surface area (Å²) in [6.07, 6.45) is -0.104. The van der Waals surface area contributed by atoms with Crippen molar-refractivity contribution in [2.45, 2.75) is 12.3 Å². The van der Waals surface area contributed by atoms with E-state index in [9.17, 15) is 18.4 Å². The molecule has 1 saturated heterocycles. The first kappa shape index (κ1) is 14.2. The number of amides is 1. The largest absolute Gasteiger partial charge is 0.497 e. The molecule has 1 aliphatic rings. The van der Waals surface area contributed by atoms with E-state index in [1.54, 1.807) is 0 Å². The Bertz CT molecular complexity index is 538. The molecule has 1 atom stereocenters. The van der Waals surface area contributed by atoms with Crippen molar-refractivity contribution in [2.24, 2.45) is 0 Å². The first-order valence-electron chi connectivity index (χ1n) is 5.95. The number of ether oxygens (including phenoxy) is 1. The lowest BCUT2D eigenvalue weighted by molar-refractivity contribution is -0.142. The maximum atomic E-state index is 13.9. The Morgan fingerprint density at radius 1 is 1.45 bits per heavy atom. The molecule has 20 heavy (non-hydrogen) atoms. The monoisotopic (exact) mass is 285 g/mol. The fourth-order valence-electron chi connectivity index (χ4n) is 2.35. The van der Waals surface area contributed by atoms with Crippen LogP contribution in [0.1, 0.15) is 17.9 Å². The number of nitrogens with zero attached hydrogens (tertiary/aromatic N) is 1. The number of carboxylic acid groups (broad SMARTS) is 1. The summed E-state index contributed by atoms with van der Waals surface area (Å²) in [6, 6.07) is 2.09. The van der Waals surface area contributed by atoms with Crippen LogP contribution in [0, 0.1) is 11.6 Å². The fraction of sp³-hybridized carbons (Fsp3) is 0.385. The third-order valence-corrected chi connectivity index (χ3v) is 3.24. The maximum Gasteiger partial charge on any atom is 0.323 e.